The third-order valence-corrected chi connectivity index (χ3v) is 22.8. The van der Waals surface area contributed by atoms with Gasteiger partial charge in [0.25, 0.3) is 0 Å². The summed E-state index contributed by atoms with van der Waals surface area (Å²) < 4.78 is 45.4. The van der Waals surface area contributed by atoms with Gasteiger partial charge in [0.05, 0.1) is 65.6 Å². The maximum Gasteiger partial charge on any atom is 0.192 e. The Labute approximate surface area is 387 Å². The minimum atomic E-state index is -2.20. The molecule has 354 valence electrons. The van der Waals surface area contributed by atoms with Gasteiger partial charge in [-0.3, -0.25) is 0 Å². The van der Waals surface area contributed by atoms with Crippen LogP contribution in [0.5, 0.6) is 11.5 Å². The molecule has 0 N–H and O–H groups in total. The number of methoxy groups -OCH3 is 2. The van der Waals surface area contributed by atoms with Gasteiger partial charge in [-0.1, -0.05) is 142 Å². The second-order valence-electron chi connectivity index (χ2n) is 21.5. The van der Waals surface area contributed by atoms with Crippen LogP contribution in [0, 0.1) is 29.6 Å². The van der Waals surface area contributed by atoms with Crippen LogP contribution in [0.1, 0.15) is 106 Å². The van der Waals surface area contributed by atoms with Gasteiger partial charge in [-0.2, -0.15) is 0 Å². The zero-order chi connectivity index (χ0) is 47.2. The lowest BCUT2D eigenvalue weighted by atomic mass is 9.81. The number of hydrogen-bond donors (Lipinski definition) is 0. The lowest BCUT2D eigenvalue weighted by Gasteiger charge is -2.45. The van der Waals surface area contributed by atoms with Crippen molar-refractivity contribution in [2.24, 2.45) is 29.6 Å². The number of allylic oxidation sites excluding steroid dienone is 1. The van der Waals surface area contributed by atoms with Gasteiger partial charge in [-0.15, -0.1) is 0 Å². The Morgan fingerprint density at radius 3 is 1.40 bits per heavy atom. The zero-order valence-corrected chi connectivity index (χ0v) is 44.8. The fourth-order valence-electron chi connectivity index (χ4n) is 7.90. The second-order valence-corrected chi connectivity index (χ2v) is 31.1. The molecule has 3 aromatic carbocycles. The molecular formula is C54H88O7Si2. The van der Waals surface area contributed by atoms with Crippen LogP contribution in [0.4, 0.5) is 0 Å². The van der Waals surface area contributed by atoms with Crippen molar-refractivity contribution >= 4 is 16.6 Å². The Kier molecular flexibility index (Phi) is 21.4. The molecule has 7 nitrogen and oxygen atoms in total. The van der Waals surface area contributed by atoms with E-state index in [4.69, 9.17) is 32.5 Å². The Balaban J connectivity index is 1.92. The second kappa shape index (κ2) is 24.7. The van der Waals surface area contributed by atoms with Crippen molar-refractivity contribution in [2.45, 2.75) is 164 Å². The first kappa shape index (κ1) is 54.6. The van der Waals surface area contributed by atoms with E-state index in [0.717, 1.165) is 29.0 Å². The first-order chi connectivity index (χ1) is 29.4. The molecule has 3 rings (SSSR count). The van der Waals surface area contributed by atoms with Crippen molar-refractivity contribution in [3.05, 3.63) is 107 Å². The molecule has 0 aliphatic rings. The molecule has 3 aromatic rings. The van der Waals surface area contributed by atoms with Crippen LogP contribution < -0.4 is 9.47 Å². The summed E-state index contributed by atoms with van der Waals surface area (Å²) in [4.78, 5) is 0. The van der Waals surface area contributed by atoms with E-state index in [0.29, 0.717) is 33.0 Å². The van der Waals surface area contributed by atoms with E-state index < -0.39 is 16.6 Å². The number of rotatable bonds is 26. The van der Waals surface area contributed by atoms with Gasteiger partial charge >= 0.3 is 0 Å². The Morgan fingerprint density at radius 2 is 0.952 bits per heavy atom. The topological polar surface area (TPSA) is 64.6 Å². The highest BCUT2D eigenvalue weighted by molar-refractivity contribution is 6.74. The molecule has 0 heterocycles. The molecule has 0 saturated carbocycles. The van der Waals surface area contributed by atoms with Crippen molar-refractivity contribution in [2.75, 3.05) is 27.4 Å². The Bertz CT molecular complexity index is 1760. The van der Waals surface area contributed by atoms with Crippen molar-refractivity contribution < 1.29 is 32.5 Å². The van der Waals surface area contributed by atoms with Gasteiger partial charge in [0, 0.05) is 17.8 Å². The fraction of sp³-hybridized carbons (Fsp3) is 0.630. The largest absolute Gasteiger partial charge is 0.497 e. The van der Waals surface area contributed by atoms with E-state index in [-0.39, 0.29) is 58.0 Å². The quantitative estimate of drug-likeness (QED) is 0.0587. The Morgan fingerprint density at radius 1 is 0.540 bits per heavy atom. The van der Waals surface area contributed by atoms with Crippen molar-refractivity contribution in [3.63, 3.8) is 0 Å². The molecule has 0 radical (unpaired) electrons. The normalized spacial score (nSPS) is 17.0. The van der Waals surface area contributed by atoms with E-state index in [2.05, 4.69) is 164 Å². The molecule has 0 aliphatic heterocycles. The van der Waals surface area contributed by atoms with Gasteiger partial charge in [0.15, 0.2) is 16.6 Å². The summed E-state index contributed by atoms with van der Waals surface area (Å²) in [5.41, 5.74) is 4.78. The highest BCUT2D eigenvalue weighted by atomic mass is 28.4. The lowest BCUT2D eigenvalue weighted by molar-refractivity contribution is -0.0891. The smallest absolute Gasteiger partial charge is 0.192 e. The summed E-state index contributed by atoms with van der Waals surface area (Å²) in [5, 5.41) is 0.135. The summed E-state index contributed by atoms with van der Waals surface area (Å²) in [6, 6.07) is 26.7. The van der Waals surface area contributed by atoms with Crippen LogP contribution in [0.3, 0.4) is 0 Å². The van der Waals surface area contributed by atoms with E-state index in [1.165, 1.54) is 11.1 Å². The average Bonchev–Trinajstić information content (AvgIpc) is 3.21. The first-order valence-corrected chi connectivity index (χ1v) is 29.3. The predicted molar refractivity (Wildman–Crippen MR) is 269 cm³/mol. The average molecular weight is 905 g/mol. The SMILES string of the molecule is COc1ccc(COC[C@H](C)[C@H](O[Si](C)(C)C(C)(C)C)[C@@H](C)C=C(C)CC(C)C(O[Si](C)(C)C(C)(C)C)C(C)C(OCc2ccc(OC)cc2)[C@@H](C)COCc2ccccc2)cc1. The standard InChI is InChI=1S/C54H88O7Si2/c1-39(32-40(2)50(60-62(15,16)53(7,8)9)42(4)34-57-37-46-24-28-48(55-13)29-25-46)33-41(3)52(61-63(17,18)54(10,11)12)44(6)51(59-38-47-26-30-49(56-14)31-27-47)43(5)35-58-36-45-22-20-19-21-23-45/h19-32,40-44,50-52H,33-38H2,1-18H3/t40-,41?,42-,43-,44?,50+,51?,52?/m0/s1. The van der Waals surface area contributed by atoms with Crippen LogP contribution >= 0.6 is 0 Å². The fourth-order valence-corrected chi connectivity index (χ4v) is 10.9. The van der Waals surface area contributed by atoms with Gasteiger partial charge in [0.1, 0.15) is 11.5 Å². The van der Waals surface area contributed by atoms with Crippen LogP contribution in [0.25, 0.3) is 0 Å². The van der Waals surface area contributed by atoms with E-state index >= 15 is 0 Å². The van der Waals surface area contributed by atoms with E-state index in [1.807, 2.05) is 30.3 Å². The summed E-state index contributed by atoms with van der Waals surface area (Å²) in [6.45, 7) is 40.2. The molecule has 0 aliphatic carbocycles. The van der Waals surface area contributed by atoms with Crippen LogP contribution in [0.15, 0.2) is 90.5 Å². The zero-order valence-electron chi connectivity index (χ0n) is 42.8. The molecule has 0 bridgehead atoms. The van der Waals surface area contributed by atoms with Crippen molar-refractivity contribution in [1.29, 1.82) is 0 Å². The molecule has 0 saturated heterocycles. The van der Waals surface area contributed by atoms with Gasteiger partial charge < -0.3 is 32.5 Å². The van der Waals surface area contributed by atoms with Gasteiger partial charge in [-0.25, -0.2) is 0 Å². The number of ether oxygens (including phenoxy) is 5. The molecule has 63 heavy (non-hydrogen) atoms. The maximum absolute atomic E-state index is 7.53. The molecular weight excluding hydrogens is 817 g/mol. The highest BCUT2D eigenvalue weighted by Crippen LogP contribution is 2.42. The third-order valence-electron chi connectivity index (χ3n) is 13.8. The lowest BCUT2D eigenvalue weighted by Crippen LogP contribution is -2.50. The van der Waals surface area contributed by atoms with Crippen molar-refractivity contribution in [1.82, 2.24) is 0 Å². The molecule has 4 unspecified atom stereocenters. The summed E-state index contributed by atoms with van der Waals surface area (Å²) in [6.07, 6.45) is 3.25. The molecule has 0 amide bonds. The summed E-state index contributed by atoms with van der Waals surface area (Å²) in [5.74, 6) is 2.51. The molecule has 0 fully saturated rings. The summed E-state index contributed by atoms with van der Waals surface area (Å²) in [7, 11) is -0.909. The minimum absolute atomic E-state index is 0.0117. The molecule has 8 atom stereocenters. The van der Waals surface area contributed by atoms with Crippen LogP contribution in [0.2, 0.25) is 36.3 Å². The maximum atomic E-state index is 7.53. The number of benzene rings is 3. The number of hydrogen-bond acceptors (Lipinski definition) is 7. The van der Waals surface area contributed by atoms with Crippen molar-refractivity contribution in [3.8, 4) is 11.5 Å². The first-order valence-electron chi connectivity index (χ1n) is 23.5. The molecule has 0 spiro atoms. The monoisotopic (exact) mass is 905 g/mol. The van der Waals surface area contributed by atoms with Crippen LogP contribution in [-0.2, 0) is 42.9 Å². The molecule has 9 heteroatoms. The third kappa shape index (κ3) is 17.2. The van der Waals surface area contributed by atoms with Crippen LogP contribution in [-0.4, -0.2) is 62.4 Å². The van der Waals surface area contributed by atoms with E-state index in [9.17, 15) is 0 Å². The van der Waals surface area contributed by atoms with Gasteiger partial charge in [-0.05, 0) is 102 Å². The van der Waals surface area contributed by atoms with Gasteiger partial charge in [0.2, 0.25) is 0 Å². The molecule has 0 aromatic heterocycles. The van der Waals surface area contributed by atoms with E-state index in [1.54, 1.807) is 14.2 Å². The summed E-state index contributed by atoms with van der Waals surface area (Å²) >= 11 is 0. The predicted octanol–water partition coefficient (Wildman–Crippen LogP) is 14.3. The minimum Gasteiger partial charge on any atom is -0.497 e. The Hall–Kier alpha value is -2.77. The highest BCUT2D eigenvalue weighted by Gasteiger charge is 2.44.